The van der Waals surface area contributed by atoms with Gasteiger partial charge in [0.2, 0.25) is 0 Å². The lowest BCUT2D eigenvalue weighted by molar-refractivity contribution is 0.164. The van der Waals surface area contributed by atoms with Gasteiger partial charge in [0.05, 0.1) is 34.3 Å². The number of aliphatic hydroxyl groups excluding tert-OH is 1. The highest BCUT2D eigenvalue weighted by Gasteiger charge is 2.36. The smallest absolute Gasteiger partial charge is 0.156 e. The van der Waals surface area contributed by atoms with E-state index >= 15 is 0 Å². The number of hydrogen-bond donors (Lipinski definition) is 1. The van der Waals surface area contributed by atoms with Crippen molar-refractivity contribution in [1.29, 1.82) is 0 Å². The predicted octanol–water partition coefficient (Wildman–Crippen LogP) is 3.00. The van der Waals surface area contributed by atoms with Crippen LogP contribution in [-0.2, 0) is 9.84 Å². The number of hydrogen-bond acceptors (Lipinski definition) is 4. The van der Waals surface area contributed by atoms with E-state index in [-0.39, 0.29) is 10.8 Å². The van der Waals surface area contributed by atoms with Gasteiger partial charge < -0.3 is 9.84 Å². The van der Waals surface area contributed by atoms with Crippen molar-refractivity contribution in [2.75, 3.05) is 12.9 Å². The molecule has 1 aromatic rings. The fraction of sp³-hybridized carbons (Fsp3) is 0.538. The van der Waals surface area contributed by atoms with Crippen LogP contribution in [-0.4, -0.2) is 31.6 Å². The zero-order valence-corrected chi connectivity index (χ0v) is 13.3. The van der Waals surface area contributed by atoms with Crippen LogP contribution in [0.15, 0.2) is 12.1 Å². The van der Waals surface area contributed by atoms with E-state index in [0.717, 1.165) is 6.42 Å². The fourth-order valence-corrected chi connectivity index (χ4v) is 4.95. The molecule has 4 nitrogen and oxygen atoms in total. The Hall–Kier alpha value is -0.490. The lowest BCUT2D eigenvalue weighted by Gasteiger charge is -2.27. The molecule has 7 heteroatoms. The van der Waals surface area contributed by atoms with Crippen molar-refractivity contribution in [2.45, 2.75) is 30.6 Å². The van der Waals surface area contributed by atoms with E-state index in [1.807, 2.05) is 0 Å². The lowest BCUT2D eigenvalue weighted by Crippen LogP contribution is -2.34. The molecule has 1 aromatic carbocycles. The number of ether oxygens (including phenoxy) is 1. The predicted molar refractivity (Wildman–Crippen MR) is 79.4 cm³/mol. The highest BCUT2D eigenvalue weighted by Crippen LogP contribution is 2.38. The van der Waals surface area contributed by atoms with Gasteiger partial charge in [-0.1, -0.05) is 29.6 Å². The average molecular weight is 339 g/mol. The minimum absolute atomic E-state index is 0.107. The van der Waals surface area contributed by atoms with Crippen LogP contribution in [0.4, 0.5) is 0 Å². The van der Waals surface area contributed by atoms with Gasteiger partial charge in [-0.15, -0.1) is 0 Å². The van der Waals surface area contributed by atoms with Gasteiger partial charge in [-0.2, -0.15) is 0 Å². The van der Waals surface area contributed by atoms with Gasteiger partial charge in [-0.25, -0.2) is 8.42 Å². The highest BCUT2D eigenvalue weighted by molar-refractivity contribution is 7.92. The monoisotopic (exact) mass is 338 g/mol. The van der Waals surface area contributed by atoms with Gasteiger partial charge in [0, 0.05) is 11.6 Å². The third-order valence-corrected chi connectivity index (χ3v) is 6.47. The van der Waals surface area contributed by atoms with Crippen molar-refractivity contribution in [1.82, 2.24) is 0 Å². The summed E-state index contributed by atoms with van der Waals surface area (Å²) in [5.41, 5.74) is 0.327. The van der Waals surface area contributed by atoms with Crippen molar-refractivity contribution in [2.24, 2.45) is 0 Å². The molecule has 2 rings (SSSR count). The Morgan fingerprint density at radius 1 is 1.30 bits per heavy atom. The number of sulfone groups is 1. The first kappa shape index (κ1) is 15.9. The molecule has 1 aliphatic heterocycles. The largest absolute Gasteiger partial charge is 0.495 e. The van der Waals surface area contributed by atoms with Gasteiger partial charge >= 0.3 is 0 Å². The molecule has 1 N–H and O–H groups in total. The summed E-state index contributed by atoms with van der Waals surface area (Å²) in [4.78, 5) is 0. The topological polar surface area (TPSA) is 63.6 Å². The Morgan fingerprint density at radius 3 is 2.60 bits per heavy atom. The second-order valence-electron chi connectivity index (χ2n) is 4.85. The maximum Gasteiger partial charge on any atom is 0.156 e. The molecule has 1 heterocycles. The molecule has 112 valence electrons. The molecule has 0 aliphatic carbocycles. The van der Waals surface area contributed by atoms with Crippen LogP contribution < -0.4 is 4.74 Å². The average Bonchev–Trinajstić information content (AvgIpc) is 2.39. The Bertz CT molecular complexity index is 601. The van der Waals surface area contributed by atoms with E-state index in [1.54, 1.807) is 0 Å². The zero-order chi connectivity index (χ0) is 14.9. The number of methoxy groups -OCH3 is 1. The molecule has 0 spiro atoms. The van der Waals surface area contributed by atoms with Crippen LogP contribution in [0.2, 0.25) is 10.0 Å². The highest BCUT2D eigenvalue weighted by atomic mass is 35.5. The maximum atomic E-state index is 12.1. The standard InChI is InChI=1S/C13H16Cl2O4S/c1-19-11-7-9(14)8(6-10(11)15)13(16)12-4-2-3-5-20(12,17)18/h6-7,12-13,16H,2-5H2,1H3. The Balaban J connectivity index is 2.38. The second-order valence-corrected chi connectivity index (χ2v) is 8.01. The molecule has 20 heavy (non-hydrogen) atoms. The molecule has 0 bridgehead atoms. The fourth-order valence-electron chi connectivity index (χ4n) is 2.46. The summed E-state index contributed by atoms with van der Waals surface area (Å²) < 4.78 is 29.1. The number of halogens is 2. The Kier molecular flexibility index (Phi) is 4.84. The number of benzene rings is 1. The molecular weight excluding hydrogens is 323 g/mol. The van der Waals surface area contributed by atoms with Gasteiger partial charge in [-0.05, 0) is 18.9 Å². The van der Waals surface area contributed by atoms with E-state index in [1.165, 1.54) is 19.2 Å². The maximum absolute atomic E-state index is 12.1. The van der Waals surface area contributed by atoms with Crippen molar-refractivity contribution in [3.63, 3.8) is 0 Å². The molecule has 1 fully saturated rings. The number of rotatable bonds is 3. The van der Waals surface area contributed by atoms with Crippen LogP contribution in [0.25, 0.3) is 0 Å². The number of aliphatic hydroxyl groups is 1. The van der Waals surface area contributed by atoms with Crippen LogP contribution in [0.1, 0.15) is 30.9 Å². The molecule has 2 unspecified atom stereocenters. The van der Waals surface area contributed by atoms with Crippen LogP contribution in [0.3, 0.4) is 0 Å². The SMILES string of the molecule is COc1cc(Cl)c(C(O)C2CCCCS2(=O)=O)cc1Cl. The quantitative estimate of drug-likeness (QED) is 0.920. The van der Waals surface area contributed by atoms with Crippen molar-refractivity contribution in [3.8, 4) is 5.75 Å². The molecule has 2 atom stereocenters. The summed E-state index contributed by atoms with van der Waals surface area (Å²) in [6, 6.07) is 2.95. The third-order valence-electron chi connectivity index (χ3n) is 3.57. The first-order valence-electron chi connectivity index (χ1n) is 6.29. The van der Waals surface area contributed by atoms with Crippen molar-refractivity contribution >= 4 is 33.0 Å². The summed E-state index contributed by atoms with van der Waals surface area (Å²) in [5, 5.41) is 10.1. The minimum atomic E-state index is -3.30. The first-order chi connectivity index (χ1) is 9.36. The summed E-state index contributed by atoms with van der Waals surface area (Å²) in [6.45, 7) is 0. The van der Waals surface area contributed by atoms with Gasteiger partial charge in [0.1, 0.15) is 5.75 Å². The van der Waals surface area contributed by atoms with Crippen LogP contribution >= 0.6 is 23.2 Å². The second kappa shape index (κ2) is 6.10. The van der Waals surface area contributed by atoms with Crippen molar-refractivity contribution < 1.29 is 18.3 Å². The summed E-state index contributed by atoms with van der Waals surface area (Å²) in [6.07, 6.45) is 0.686. The molecular formula is C13H16Cl2O4S. The zero-order valence-electron chi connectivity index (χ0n) is 11.0. The first-order valence-corrected chi connectivity index (χ1v) is 8.76. The summed E-state index contributed by atoms with van der Waals surface area (Å²) >= 11 is 12.1. The van der Waals surface area contributed by atoms with Gasteiger partial charge in [-0.3, -0.25) is 0 Å². The summed E-state index contributed by atoms with van der Waals surface area (Å²) in [7, 11) is -1.84. The van der Waals surface area contributed by atoms with E-state index in [9.17, 15) is 13.5 Å². The van der Waals surface area contributed by atoms with E-state index in [0.29, 0.717) is 29.2 Å². The van der Waals surface area contributed by atoms with E-state index in [4.69, 9.17) is 27.9 Å². The molecule has 0 amide bonds. The van der Waals surface area contributed by atoms with Crippen LogP contribution in [0.5, 0.6) is 5.75 Å². The van der Waals surface area contributed by atoms with Gasteiger partial charge in [0.25, 0.3) is 0 Å². The normalized spacial score (nSPS) is 23.3. The molecule has 1 aliphatic rings. The third kappa shape index (κ3) is 3.06. The van der Waals surface area contributed by atoms with Crippen LogP contribution in [0, 0.1) is 0 Å². The molecule has 1 saturated heterocycles. The van der Waals surface area contributed by atoms with E-state index < -0.39 is 21.2 Å². The molecule has 0 radical (unpaired) electrons. The lowest BCUT2D eigenvalue weighted by atomic mass is 10.0. The van der Waals surface area contributed by atoms with E-state index in [2.05, 4.69) is 0 Å². The van der Waals surface area contributed by atoms with Crippen molar-refractivity contribution in [3.05, 3.63) is 27.7 Å². The van der Waals surface area contributed by atoms with Gasteiger partial charge in [0.15, 0.2) is 9.84 Å². The Labute approximate surface area is 128 Å². The molecule has 0 saturated carbocycles. The Morgan fingerprint density at radius 2 is 2.00 bits per heavy atom. The minimum Gasteiger partial charge on any atom is -0.495 e. The molecule has 0 aromatic heterocycles. The summed E-state index contributed by atoms with van der Waals surface area (Å²) in [5.74, 6) is 0.495.